The number of alkyl halides is 6. The second kappa shape index (κ2) is 12.9. The normalized spacial score (nSPS) is 19.6. The molecule has 8 nitrogen and oxygen atoms in total. The Bertz CT molecular complexity index is 1390. The van der Waals surface area contributed by atoms with Crippen molar-refractivity contribution in [3.63, 3.8) is 0 Å². The highest BCUT2D eigenvalue weighted by molar-refractivity contribution is 6.40. The summed E-state index contributed by atoms with van der Waals surface area (Å²) in [5.41, 5.74) is -5.81. The van der Waals surface area contributed by atoms with Gasteiger partial charge < -0.3 is 14.7 Å². The minimum absolute atomic E-state index is 0.0632. The minimum Gasteiger partial charge on any atom is -0.481 e. The Morgan fingerprint density at radius 2 is 1.59 bits per heavy atom. The first-order valence-electron chi connectivity index (χ1n) is 13.5. The zero-order valence-corrected chi connectivity index (χ0v) is 25.7. The molecule has 1 N–H and O–H groups in total. The molecular weight excluding hydrogens is 643 g/mol. The fourth-order valence-corrected chi connectivity index (χ4v) is 5.61. The first kappa shape index (κ1) is 35.6. The van der Waals surface area contributed by atoms with E-state index < -0.39 is 86.0 Å². The van der Waals surface area contributed by atoms with Crippen LogP contribution in [0.1, 0.15) is 91.4 Å². The number of carbonyl (C=O) groups excluding carboxylic acids is 2. The molecular formula is C28H31Cl2F6N3O5. The molecule has 1 fully saturated rings. The number of halogens is 8. The molecule has 1 heterocycles. The van der Waals surface area contributed by atoms with Crippen molar-refractivity contribution in [1.82, 2.24) is 14.7 Å². The van der Waals surface area contributed by atoms with Gasteiger partial charge in [-0.05, 0) is 65.5 Å². The maximum absolute atomic E-state index is 14.4. The van der Waals surface area contributed by atoms with Crippen LogP contribution in [0.5, 0.6) is 0 Å². The van der Waals surface area contributed by atoms with E-state index in [4.69, 9.17) is 27.9 Å². The molecule has 44 heavy (non-hydrogen) atoms. The second-order valence-electron chi connectivity index (χ2n) is 11.9. The summed E-state index contributed by atoms with van der Waals surface area (Å²) in [6.07, 6.45) is -8.84. The predicted molar refractivity (Wildman–Crippen MR) is 148 cm³/mol. The monoisotopic (exact) mass is 673 g/mol. The number of hydrogen-bond acceptors (Lipinski definition) is 5. The van der Waals surface area contributed by atoms with Crippen molar-refractivity contribution < 1.29 is 50.6 Å². The van der Waals surface area contributed by atoms with E-state index in [1.165, 1.54) is 6.92 Å². The third kappa shape index (κ3) is 8.25. The van der Waals surface area contributed by atoms with Crippen LogP contribution in [0.3, 0.4) is 0 Å². The Morgan fingerprint density at radius 3 is 2.05 bits per heavy atom. The number of carboxylic acid groups (broad SMARTS) is 1. The van der Waals surface area contributed by atoms with Crippen molar-refractivity contribution >= 4 is 40.9 Å². The third-order valence-corrected chi connectivity index (χ3v) is 7.98. The number of aromatic nitrogens is 2. The number of ether oxygens (including phenoxy) is 1. The van der Waals surface area contributed by atoms with Gasteiger partial charge >= 0.3 is 18.3 Å². The molecule has 16 heteroatoms. The maximum atomic E-state index is 14.4. The molecule has 2 aromatic rings. The first-order valence-corrected chi connectivity index (χ1v) is 14.2. The number of ketones is 1. The number of carbonyl (C=O) groups is 3. The van der Waals surface area contributed by atoms with E-state index in [1.807, 2.05) is 0 Å². The van der Waals surface area contributed by atoms with Gasteiger partial charge in [-0.1, -0.05) is 23.2 Å². The van der Waals surface area contributed by atoms with Gasteiger partial charge in [-0.2, -0.15) is 31.4 Å². The van der Waals surface area contributed by atoms with Gasteiger partial charge in [0.1, 0.15) is 0 Å². The van der Waals surface area contributed by atoms with Gasteiger partial charge in [-0.15, -0.1) is 0 Å². The molecule has 0 bridgehead atoms. The van der Waals surface area contributed by atoms with Crippen LogP contribution in [-0.2, 0) is 21.9 Å². The zero-order chi connectivity index (χ0) is 33.4. The van der Waals surface area contributed by atoms with Crippen LogP contribution in [0.25, 0.3) is 0 Å². The third-order valence-electron chi connectivity index (χ3n) is 7.38. The molecule has 0 spiro atoms. The van der Waals surface area contributed by atoms with Crippen molar-refractivity contribution in [2.75, 3.05) is 19.7 Å². The van der Waals surface area contributed by atoms with Gasteiger partial charge in [0, 0.05) is 6.54 Å². The van der Waals surface area contributed by atoms with Crippen LogP contribution in [0.15, 0.2) is 18.3 Å². The predicted octanol–water partition coefficient (Wildman–Crippen LogP) is 7.57. The molecule has 0 saturated heterocycles. The Hall–Kier alpha value is -2.84. The average molecular weight is 674 g/mol. The van der Waals surface area contributed by atoms with Crippen molar-refractivity contribution in [2.24, 2.45) is 5.41 Å². The van der Waals surface area contributed by atoms with Crippen LogP contribution in [0, 0.1) is 5.41 Å². The number of benzene rings is 1. The molecule has 1 saturated carbocycles. The van der Waals surface area contributed by atoms with Crippen LogP contribution < -0.4 is 0 Å². The van der Waals surface area contributed by atoms with Gasteiger partial charge in [0.2, 0.25) is 0 Å². The van der Waals surface area contributed by atoms with Gasteiger partial charge in [0.05, 0.1) is 63.1 Å². The SMILES string of the molecule is CC(C)(C)OCCN(CC(=O)c1c(Cl)cc(C(F)(F)F)cc1Cl)C(=O)c1cnn(C2CCC(C)(C(=O)O)CC2)c1C(F)(F)F. The van der Waals surface area contributed by atoms with E-state index in [9.17, 15) is 45.8 Å². The van der Waals surface area contributed by atoms with E-state index in [2.05, 4.69) is 5.10 Å². The summed E-state index contributed by atoms with van der Waals surface area (Å²) in [6.45, 7) is 5.12. The molecule has 244 valence electrons. The molecule has 1 aromatic carbocycles. The zero-order valence-electron chi connectivity index (χ0n) is 24.2. The molecule has 1 amide bonds. The van der Waals surface area contributed by atoms with E-state index in [0.29, 0.717) is 16.8 Å². The highest BCUT2D eigenvalue weighted by Crippen LogP contribution is 2.43. The van der Waals surface area contributed by atoms with Crippen molar-refractivity contribution in [1.29, 1.82) is 0 Å². The lowest BCUT2D eigenvalue weighted by atomic mass is 9.74. The van der Waals surface area contributed by atoms with Gasteiger partial charge in [-0.3, -0.25) is 19.1 Å². The summed E-state index contributed by atoms with van der Waals surface area (Å²) < 4.78 is 89.1. The van der Waals surface area contributed by atoms with Gasteiger partial charge in [-0.25, -0.2) is 0 Å². The number of aliphatic carboxylic acids is 1. The number of Topliss-reactive ketones (excluding diaryl/α,β-unsaturated/α-hetero) is 1. The molecule has 1 aromatic heterocycles. The Morgan fingerprint density at radius 1 is 1.05 bits per heavy atom. The van der Waals surface area contributed by atoms with Gasteiger partial charge in [0.15, 0.2) is 11.5 Å². The lowest BCUT2D eigenvalue weighted by Gasteiger charge is -2.34. The number of amides is 1. The summed E-state index contributed by atoms with van der Waals surface area (Å²) in [4.78, 5) is 39.2. The summed E-state index contributed by atoms with van der Waals surface area (Å²) in [5, 5.41) is 12.0. The summed E-state index contributed by atoms with van der Waals surface area (Å²) in [5.74, 6) is -3.31. The lowest BCUT2D eigenvalue weighted by Crippen LogP contribution is -2.40. The van der Waals surface area contributed by atoms with Crippen LogP contribution in [0.4, 0.5) is 26.3 Å². The maximum Gasteiger partial charge on any atom is 0.433 e. The first-order chi connectivity index (χ1) is 20.0. The van der Waals surface area contributed by atoms with E-state index >= 15 is 0 Å². The van der Waals surface area contributed by atoms with Crippen molar-refractivity contribution in [3.05, 3.63) is 50.8 Å². The Kier molecular flexibility index (Phi) is 10.4. The standard InChI is InChI=1S/C28H31Cl2F6N3O5/c1-25(2,3)44-10-9-38(14-20(40)21-18(29)11-15(12-19(21)30)27(31,32)33)23(41)17-13-37-39(22(17)28(34,35)36)16-5-7-26(4,8-6-16)24(42)43/h11-13,16H,5-10,14H2,1-4H3,(H,42,43). The molecule has 0 radical (unpaired) electrons. The lowest BCUT2D eigenvalue weighted by molar-refractivity contribution is -0.152. The van der Waals surface area contributed by atoms with Gasteiger partial charge in [0.25, 0.3) is 5.91 Å². The fourth-order valence-electron chi connectivity index (χ4n) is 4.92. The van der Waals surface area contributed by atoms with Crippen LogP contribution >= 0.6 is 23.2 Å². The summed E-state index contributed by atoms with van der Waals surface area (Å²) >= 11 is 11.9. The quantitative estimate of drug-likeness (QED) is 0.218. The van der Waals surface area contributed by atoms with E-state index in [0.717, 1.165) is 11.1 Å². The Labute approximate surface area is 259 Å². The highest BCUT2D eigenvalue weighted by Gasteiger charge is 2.45. The Balaban J connectivity index is 1.98. The fraction of sp³-hybridized carbons (Fsp3) is 0.571. The van der Waals surface area contributed by atoms with E-state index in [1.54, 1.807) is 20.8 Å². The highest BCUT2D eigenvalue weighted by atomic mass is 35.5. The molecule has 0 atom stereocenters. The number of carboxylic acids is 1. The topological polar surface area (TPSA) is 102 Å². The number of nitrogens with zero attached hydrogens (tertiary/aromatic N) is 3. The largest absolute Gasteiger partial charge is 0.481 e. The van der Waals surface area contributed by atoms with E-state index in [-0.39, 0.29) is 38.8 Å². The summed E-state index contributed by atoms with van der Waals surface area (Å²) in [6, 6.07) is 0.131. The molecule has 1 aliphatic rings. The van der Waals surface area contributed by atoms with Crippen molar-refractivity contribution in [2.45, 2.75) is 77.4 Å². The van der Waals surface area contributed by atoms with Crippen molar-refractivity contribution in [3.8, 4) is 0 Å². The van der Waals surface area contributed by atoms with Crippen LogP contribution in [-0.4, -0.2) is 62.7 Å². The smallest absolute Gasteiger partial charge is 0.433 e. The number of hydrogen-bond donors (Lipinski definition) is 1. The minimum atomic E-state index is -5.06. The van der Waals surface area contributed by atoms with Crippen LogP contribution in [0.2, 0.25) is 10.0 Å². The molecule has 3 rings (SSSR count). The molecule has 0 unspecified atom stereocenters. The number of rotatable bonds is 9. The molecule has 1 aliphatic carbocycles. The summed E-state index contributed by atoms with van der Waals surface area (Å²) in [7, 11) is 0. The molecule has 0 aliphatic heterocycles. The average Bonchev–Trinajstić information content (AvgIpc) is 3.32. The second-order valence-corrected chi connectivity index (χ2v) is 12.7.